The van der Waals surface area contributed by atoms with E-state index in [0.717, 1.165) is 0 Å². The molecule has 0 heterocycles. The largest absolute Gasteiger partial charge is 0.415 e. The minimum atomic E-state index is -4.55. The smallest absolute Gasteiger partial charge is 0.382 e. The fraction of sp³-hybridized carbons (Fsp3) is 1.00. The molecule has 2 N–H and O–H groups in total. The molecule has 80 valence electrons. The molecule has 0 saturated carbocycles. The average molecular weight is 201 g/mol. The summed E-state index contributed by atoms with van der Waals surface area (Å²) in [6, 6.07) is 0. The lowest BCUT2D eigenvalue weighted by Gasteiger charge is -2.16. The highest BCUT2D eigenvalue weighted by Gasteiger charge is 2.37. The maximum atomic E-state index is 11.7. The molecule has 0 aliphatic heterocycles. The molecule has 0 bridgehead atoms. The third-order valence-corrected chi connectivity index (χ3v) is 1.55. The Morgan fingerprint density at radius 3 is 2.31 bits per heavy atom. The van der Waals surface area contributed by atoms with Crippen LogP contribution in [-0.2, 0) is 4.74 Å². The van der Waals surface area contributed by atoms with Crippen molar-refractivity contribution in [2.75, 3.05) is 20.2 Å². The molecule has 0 spiro atoms. The summed E-state index contributed by atoms with van der Waals surface area (Å²) in [6.45, 7) is 1.49. The van der Waals surface area contributed by atoms with E-state index in [9.17, 15) is 13.2 Å². The van der Waals surface area contributed by atoms with Crippen LogP contribution in [0.5, 0.6) is 0 Å². The third kappa shape index (κ3) is 5.84. The predicted molar refractivity (Wildman–Crippen MR) is 41.4 cm³/mol. The van der Waals surface area contributed by atoms with Gasteiger partial charge in [0.05, 0.1) is 6.10 Å². The van der Waals surface area contributed by atoms with Crippen molar-refractivity contribution < 1.29 is 23.0 Å². The summed E-state index contributed by atoms with van der Waals surface area (Å²) in [4.78, 5) is 0. The van der Waals surface area contributed by atoms with Crippen molar-refractivity contribution in [3.05, 3.63) is 0 Å². The van der Waals surface area contributed by atoms with Gasteiger partial charge in [-0.25, -0.2) is 0 Å². The van der Waals surface area contributed by atoms with Crippen LogP contribution in [0.15, 0.2) is 0 Å². The molecule has 13 heavy (non-hydrogen) atoms. The molecule has 3 nitrogen and oxygen atoms in total. The lowest BCUT2D eigenvalue weighted by Crippen LogP contribution is -2.40. The number of alkyl halides is 3. The maximum Gasteiger partial charge on any atom is 0.415 e. The number of halogens is 3. The summed E-state index contributed by atoms with van der Waals surface area (Å²) in [6.07, 6.45) is -7.03. The Labute approximate surface area is 74.9 Å². The van der Waals surface area contributed by atoms with Gasteiger partial charge in [-0.3, -0.25) is 0 Å². The molecule has 0 aromatic carbocycles. The summed E-state index contributed by atoms with van der Waals surface area (Å²) >= 11 is 0. The van der Waals surface area contributed by atoms with E-state index in [4.69, 9.17) is 9.84 Å². The van der Waals surface area contributed by atoms with Gasteiger partial charge in [-0.1, -0.05) is 0 Å². The SMILES string of the molecule is COC(C)CNCC(O)C(F)(F)F. The number of nitrogens with one attached hydrogen (secondary N) is 1. The molecule has 0 aliphatic carbocycles. The van der Waals surface area contributed by atoms with Gasteiger partial charge < -0.3 is 15.2 Å². The molecule has 0 aliphatic rings. The van der Waals surface area contributed by atoms with Crippen molar-refractivity contribution in [3.8, 4) is 0 Å². The van der Waals surface area contributed by atoms with Crippen molar-refractivity contribution in [2.45, 2.75) is 25.3 Å². The number of aliphatic hydroxyl groups excluding tert-OH is 1. The van der Waals surface area contributed by atoms with Crippen LogP contribution in [0.1, 0.15) is 6.92 Å². The molecule has 0 rings (SSSR count). The highest BCUT2D eigenvalue weighted by molar-refractivity contribution is 4.68. The summed E-state index contributed by atoms with van der Waals surface area (Å²) in [5.74, 6) is 0. The molecule has 0 fully saturated rings. The zero-order chi connectivity index (χ0) is 10.5. The van der Waals surface area contributed by atoms with Crippen molar-refractivity contribution in [2.24, 2.45) is 0 Å². The highest BCUT2D eigenvalue weighted by atomic mass is 19.4. The van der Waals surface area contributed by atoms with Gasteiger partial charge in [0.1, 0.15) is 0 Å². The van der Waals surface area contributed by atoms with Crippen LogP contribution in [0.2, 0.25) is 0 Å². The van der Waals surface area contributed by atoms with E-state index in [1.165, 1.54) is 7.11 Å². The minimum Gasteiger partial charge on any atom is -0.382 e. The monoisotopic (exact) mass is 201 g/mol. The van der Waals surface area contributed by atoms with Gasteiger partial charge in [0.2, 0.25) is 0 Å². The number of methoxy groups -OCH3 is 1. The average Bonchev–Trinajstić information content (AvgIpc) is 2.02. The Morgan fingerprint density at radius 2 is 1.92 bits per heavy atom. The number of hydrogen-bond acceptors (Lipinski definition) is 3. The number of ether oxygens (including phenoxy) is 1. The van der Waals surface area contributed by atoms with Crippen molar-refractivity contribution in [3.63, 3.8) is 0 Å². The summed E-state index contributed by atoms with van der Waals surface area (Å²) in [5, 5.41) is 11.0. The Kier molecular flexibility index (Phi) is 5.27. The second-order valence-corrected chi connectivity index (χ2v) is 2.76. The van der Waals surface area contributed by atoms with E-state index in [-0.39, 0.29) is 12.6 Å². The quantitative estimate of drug-likeness (QED) is 0.682. The fourth-order valence-corrected chi connectivity index (χ4v) is 0.622. The van der Waals surface area contributed by atoms with Gasteiger partial charge in [-0.05, 0) is 6.92 Å². The van der Waals surface area contributed by atoms with Crippen LogP contribution < -0.4 is 5.32 Å². The molecule has 0 radical (unpaired) electrons. The molecule has 0 amide bonds. The maximum absolute atomic E-state index is 11.7. The minimum absolute atomic E-state index is 0.166. The molecule has 2 unspecified atom stereocenters. The van der Waals surface area contributed by atoms with Crippen molar-refractivity contribution in [1.29, 1.82) is 0 Å². The van der Waals surface area contributed by atoms with Crippen molar-refractivity contribution >= 4 is 0 Å². The van der Waals surface area contributed by atoms with E-state index >= 15 is 0 Å². The molecule has 2 atom stereocenters. The van der Waals surface area contributed by atoms with E-state index in [0.29, 0.717) is 0 Å². The number of hydrogen-bond donors (Lipinski definition) is 2. The lowest BCUT2D eigenvalue weighted by atomic mass is 10.3. The summed E-state index contributed by atoms with van der Waals surface area (Å²) < 4.78 is 40.0. The Bertz CT molecular complexity index is 140. The molecule has 6 heteroatoms. The van der Waals surface area contributed by atoms with Gasteiger partial charge in [-0.2, -0.15) is 13.2 Å². The van der Waals surface area contributed by atoms with Gasteiger partial charge >= 0.3 is 6.18 Å². The zero-order valence-corrected chi connectivity index (χ0v) is 7.56. The van der Waals surface area contributed by atoms with E-state index in [1.54, 1.807) is 6.92 Å². The fourth-order valence-electron chi connectivity index (χ4n) is 0.622. The first kappa shape index (κ1) is 12.7. The first-order valence-electron chi connectivity index (χ1n) is 3.86. The molecule has 0 aromatic rings. The Hall–Kier alpha value is -0.330. The molecule has 0 aromatic heterocycles. The van der Waals surface area contributed by atoms with Crippen LogP contribution in [0, 0.1) is 0 Å². The Morgan fingerprint density at radius 1 is 1.38 bits per heavy atom. The van der Waals surface area contributed by atoms with E-state index < -0.39 is 18.8 Å². The normalized spacial score (nSPS) is 17.1. The molecular formula is C7H14F3NO2. The van der Waals surface area contributed by atoms with Crippen LogP contribution in [0.25, 0.3) is 0 Å². The standard InChI is InChI=1S/C7H14F3NO2/c1-5(13-2)3-11-4-6(12)7(8,9)10/h5-6,11-12H,3-4H2,1-2H3. The van der Waals surface area contributed by atoms with Crippen LogP contribution >= 0.6 is 0 Å². The van der Waals surface area contributed by atoms with Crippen LogP contribution in [-0.4, -0.2) is 43.7 Å². The third-order valence-electron chi connectivity index (χ3n) is 1.55. The second-order valence-electron chi connectivity index (χ2n) is 2.76. The van der Waals surface area contributed by atoms with Gasteiger partial charge in [0.15, 0.2) is 6.10 Å². The molecular weight excluding hydrogens is 187 g/mol. The predicted octanol–water partition coefficient (Wildman–Crippen LogP) is 0.534. The summed E-state index contributed by atoms with van der Waals surface area (Å²) in [7, 11) is 1.46. The topological polar surface area (TPSA) is 41.5 Å². The Balaban J connectivity index is 3.54. The van der Waals surface area contributed by atoms with Gasteiger partial charge in [0.25, 0.3) is 0 Å². The van der Waals surface area contributed by atoms with Crippen LogP contribution in [0.3, 0.4) is 0 Å². The first-order valence-corrected chi connectivity index (χ1v) is 3.86. The number of rotatable bonds is 5. The molecule has 0 saturated heterocycles. The van der Waals surface area contributed by atoms with Crippen molar-refractivity contribution in [1.82, 2.24) is 5.32 Å². The van der Waals surface area contributed by atoms with E-state index in [1.807, 2.05) is 0 Å². The van der Waals surface area contributed by atoms with E-state index in [2.05, 4.69) is 5.32 Å². The highest BCUT2D eigenvalue weighted by Crippen LogP contribution is 2.18. The van der Waals surface area contributed by atoms with Gasteiger partial charge in [0, 0.05) is 20.2 Å². The van der Waals surface area contributed by atoms with Crippen LogP contribution in [0.4, 0.5) is 13.2 Å². The second kappa shape index (κ2) is 5.41. The summed E-state index contributed by atoms with van der Waals surface area (Å²) in [5.41, 5.74) is 0. The van der Waals surface area contributed by atoms with Gasteiger partial charge in [-0.15, -0.1) is 0 Å². The first-order chi connectivity index (χ1) is 5.88. The lowest BCUT2D eigenvalue weighted by molar-refractivity contribution is -0.202. The number of aliphatic hydroxyl groups is 1. The zero-order valence-electron chi connectivity index (χ0n) is 7.56.